The highest BCUT2D eigenvalue weighted by atomic mass is 32.1. The second-order valence-electron chi connectivity index (χ2n) is 3.24. The van der Waals surface area contributed by atoms with Gasteiger partial charge in [-0.05, 0) is 25.5 Å². The minimum Gasteiger partial charge on any atom is -0.390 e. The van der Waals surface area contributed by atoms with E-state index in [1.165, 1.54) is 9.75 Å². The molecule has 1 heterocycles. The Balaban J connectivity index is 2.35. The van der Waals surface area contributed by atoms with E-state index in [1.807, 2.05) is 6.92 Å². The molecule has 0 aliphatic carbocycles. The first kappa shape index (κ1) is 11.7. The van der Waals surface area contributed by atoms with Gasteiger partial charge in [0, 0.05) is 22.8 Å². The molecule has 0 amide bonds. The number of thiophene rings is 1. The topological polar surface area (TPSA) is 29.5 Å². The zero-order chi connectivity index (χ0) is 10.4. The lowest BCUT2D eigenvalue weighted by Gasteiger charge is -2.08. The standard InChI is InChI=1S/C11H18O2S/c1-3-10-5-6-11(14-10)7-9(12)8-13-4-2/h5-6,9,12H,3-4,7-8H2,1-2H3. The van der Waals surface area contributed by atoms with Crippen LogP contribution in [0.1, 0.15) is 23.6 Å². The highest BCUT2D eigenvalue weighted by Crippen LogP contribution is 2.18. The summed E-state index contributed by atoms with van der Waals surface area (Å²) in [4.78, 5) is 2.62. The van der Waals surface area contributed by atoms with E-state index in [4.69, 9.17) is 4.74 Å². The molecule has 1 unspecified atom stereocenters. The predicted octanol–water partition coefficient (Wildman–Crippen LogP) is 2.25. The molecule has 0 bridgehead atoms. The van der Waals surface area contributed by atoms with E-state index in [0.717, 1.165) is 6.42 Å². The minimum absolute atomic E-state index is 0.363. The SMILES string of the molecule is CCOCC(O)Cc1ccc(CC)s1. The van der Waals surface area contributed by atoms with E-state index < -0.39 is 0 Å². The monoisotopic (exact) mass is 214 g/mol. The van der Waals surface area contributed by atoms with Crippen molar-refractivity contribution in [3.05, 3.63) is 21.9 Å². The van der Waals surface area contributed by atoms with Crippen molar-refractivity contribution in [1.82, 2.24) is 0 Å². The van der Waals surface area contributed by atoms with Gasteiger partial charge in [-0.25, -0.2) is 0 Å². The fourth-order valence-corrected chi connectivity index (χ4v) is 2.30. The second-order valence-corrected chi connectivity index (χ2v) is 4.49. The van der Waals surface area contributed by atoms with Gasteiger partial charge in [-0.2, -0.15) is 0 Å². The van der Waals surface area contributed by atoms with Crippen molar-refractivity contribution in [3.8, 4) is 0 Å². The second kappa shape index (κ2) is 6.17. The normalized spacial score (nSPS) is 13.1. The van der Waals surface area contributed by atoms with Gasteiger partial charge in [-0.3, -0.25) is 0 Å². The molecule has 0 aromatic carbocycles. The average Bonchev–Trinajstić information content (AvgIpc) is 2.62. The summed E-state index contributed by atoms with van der Waals surface area (Å²) in [6.45, 7) is 5.19. The number of aliphatic hydroxyl groups is 1. The first-order chi connectivity index (χ1) is 6.76. The van der Waals surface area contributed by atoms with Crippen LogP contribution in [-0.4, -0.2) is 24.4 Å². The van der Waals surface area contributed by atoms with Crippen LogP contribution in [0.5, 0.6) is 0 Å². The molecule has 0 saturated heterocycles. The molecule has 0 aliphatic heterocycles. The number of aliphatic hydroxyl groups excluding tert-OH is 1. The van der Waals surface area contributed by atoms with Crippen molar-refractivity contribution in [1.29, 1.82) is 0 Å². The molecule has 0 radical (unpaired) electrons. The highest BCUT2D eigenvalue weighted by Gasteiger charge is 2.07. The zero-order valence-corrected chi connectivity index (χ0v) is 9.64. The summed E-state index contributed by atoms with van der Waals surface area (Å²) in [5.74, 6) is 0. The van der Waals surface area contributed by atoms with Crippen LogP contribution in [0.3, 0.4) is 0 Å². The molecule has 2 nitrogen and oxygen atoms in total. The van der Waals surface area contributed by atoms with Crippen molar-refractivity contribution in [3.63, 3.8) is 0 Å². The Bertz CT molecular complexity index is 258. The first-order valence-electron chi connectivity index (χ1n) is 5.09. The van der Waals surface area contributed by atoms with Gasteiger partial charge in [0.2, 0.25) is 0 Å². The van der Waals surface area contributed by atoms with Crippen LogP contribution in [0.4, 0.5) is 0 Å². The summed E-state index contributed by atoms with van der Waals surface area (Å²) in [6.07, 6.45) is 1.43. The van der Waals surface area contributed by atoms with Crippen LogP contribution in [0, 0.1) is 0 Å². The molecule has 0 fully saturated rings. The van der Waals surface area contributed by atoms with E-state index in [1.54, 1.807) is 11.3 Å². The van der Waals surface area contributed by atoms with Crippen molar-refractivity contribution in [2.45, 2.75) is 32.8 Å². The zero-order valence-electron chi connectivity index (χ0n) is 8.82. The molecule has 1 atom stereocenters. The van der Waals surface area contributed by atoms with Crippen LogP contribution >= 0.6 is 11.3 Å². The average molecular weight is 214 g/mol. The Hall–Kier alpha value is -0.380. The van der Waals surface area contributed by atoms with Crippen molar-refractivity contribution >= 4 is 11.3 Å². The summed E-state index contributed by atoms with van der Waals surface area (Å²) < 4.78 is 5.16. The van der Waals surface area contributed by atoms with Crippen LogP contribution < -0.4 is 0 Å². The summed E-state index contributed by atoms with van der Waals surface area (Å²) in [6, 6.07) is 4.23. The summed E-state index contributed by atoms with van der Waals surface area (Å²) in [7, 11) is 0. The maximum atomic E-state index is 9.60. The van der Waals surface area contributed by atoms with Gasteiger partial charge in [-0.1, -0.05) is 6.92 Å². The third-order valence-corrected chi connectivity index (χ3v) is 3.27. The van der Waals surface area contributed by atoms with Crippen LogP contribution in [0.15, 0.2) is 12.1 Å². The van der Waals surface area contributed by atoms with E-state index in [0.29, 0.717) is 19.6 Å². The van der Waals surface area contributed by atoms with Gasteiger partial charge in [0.25, 0.3) is 0 Å². The number of rotatable bonds is 6. The Labute approximate surface area is 89.5 Å². The quantitative estimate of drug-likeness (QED) is 0.787. The smallest absolute Gasteiger partial charge is 0.0821 e. The molecular weight excluding hydrogens is 196 g/mol. The fourth-order valence-electron chi connectivity index (χ4n) is 1.27. The fraction of sp³-hybridized carbons (Fsp3) is 0.636. The molecule has 14 heavy (non-hydrogen) atoms. The van der Waals surface area contributed by atoms with Gasteiger partial charge in [0.05, 0.1) is 12.7 Å². The van der Waals surface area contributed by atoms with Crippen LogP contribution in [-0.2, 0) is 17.6 Å². The van der Waals surface area contributed by atoms with Gasteiger partial charge < -0.3 is 9.84 Å². The van der Waals surface area contributed by atoms with Gasteiger partial charge in [0.1, 0.15) is 0 Å². The third-order valence-electron chi connectivity index (χ3n) is 2.02. The maximum Gasteiger partial charge on any atom is 0.0821 e. The van der Waals surface area contributed by atoms with E-state index >= 15 is 0 Å². The van der Waals surface area contributed by atoms with E-state index in [2.05, 4.69) is 19.1 Å². The minimum atomic E-state index is -0.363. The van der Waals surface area contributed by atoms with Crippen molar-refractivity contribution in [2.24, 2.45) is 0 Å². The molecule has 1 aromatic rings. The lowest BCUT2D eigenvalue weighted by molar-refractivity contribution is 0.0434. The Morgan fingerprint density at radius 3 is 2.64 bits per heavy atom. The lowest BCUT2D eigenvalue weighted by Crippen LogP contribution is -2.17. The molecule has 0 saturated carbocycles. The van der Waals surface area contributed by atoms with Gasteiger partial charge in [0.15, 0.2) is 0 Å². The summed E-state index contributed by atoms with van der Waals surface area (Å²) in [5.41, 5.74) is 0. The number of ether oxygens (including phenoxy) is 1. The molecule has 80 valence electrons. The Morgan fingerprint density at radius 2 is 2.07 bits per heavy atom. The van der Waals surface area contributed by atoms with Crippen molar-refractivity contribution in [2.75, 3.05) is 13.2 Å². The van der Waals surface area contributed by atoms with Gasteiger partial charge >= 0.3 is 0 Å². The third kappa shape index (κ3) is 3.78. The maximum absolute atomic E-state index is 9.60. The van der Waals surface area contributed by atoms with Gasteiger partial charge in [-0.15, -0.1) is 11.3 Å². The van der Waals surface area contributed by atoms with Crippen LogP contribution in [0.25, 0.3) is 0 Å². The number of aryl methyl sites for hydroxylation is 1. The molecule has 0 aliphatic rings. The highest BCUT2D eigenvalue weighted by molar-refractivity contribution is 7.11. The largest absolute Gasteiger partial charge is 0.390 e. The number of hydrogen-bond donors (Lipinski definition) is 1. The first-order valence-corrected chi connectivity index (χ1v) is 5.91. The molecular formula is C11H18O2S. The van der Waals surface area contributed by atoms with Crippen molar-refractivity contribution < 1.29 is 9.84 Å². The van der Waals surface area contributed by atoms with E-state index in [-0.39, 0.29) is 6.10 Å². The Morgan fingerprint density at radius 1 is 1.36 bits per heavy atom. The molecule has 0 spiro atoms. The molecule has 1 N–H and O–H groups in total. The molecule has 1 aromatic heterocycles. The van der Waals surface area contributed by atoms with Crippen LogP contribution in [0.2, 0.25) is 0 Å². The van der Waals surface area contributed by atoms with E-state index in [9.17, 15) is 5.11 Å². The predicted molar refractivity (Wildman–Crippen MR) is 59.9 cm³/mol. The molecule has 1 rings (SSSR count). The Kier molecular flexibility index (Phi) is 5.15. The molecule has 3 heteroatoms. The summed E-state index contributed by atoms with van der Waals surface area (Å²) >= 11 is 1.78. The lowest BCUT2D eigenvalue weighted by atomic mass is 10.2. The summed E-state index contributed by atoms with van der Waals surface area (Å²) in [5, 5.41) is 9.60. The number of hydrogen-bond acceptors (Lipinski definition) is 3.